The van der Waals surface area contributed by atoms with E-state index in [0.29, 0.717) is 12.8 Å². The summed E-state index contributed by atoms with van der Waals surface area (Å²) in [6.45, 7) is 0.527. The zero-order valence-corrected chi connectivity index (χ0v) is 11.2. The summed E-state index contributed by atoms with van der Waals surface area (Å²) < 4.78 is 78.0. The predicted octanol–water partition coefficient (Wildman–Crippen LogP) is 3.05. The van der Waals surface area contributed by atoms with Crippen LogP contribution in [0.5, 0.6) is 0 Å². The van der Waals surface area contributed by atoms with Gasteiger partial charge < -0.3 is 10.0 Å². The molecule has 1 saturated heterocycles. The molecule has 1 aliphatic heterocycles. The van der Waals surface area contributed by atoms with E-state index in [-0.39, 0.29) is 19.2 Å². The van der Waals surface area contributed by atoms with Crippen LogP contribution in [0.4, 0.5) is 26.3 Å². The second-order valence-corrected chi connectivity index (χ2v) is 5.28. The number of likely N-dealkylation sites (tertiary alicyclic amines) is 1. The Hall–Kier alpha value is -1.69. The molecule has 1 N–H and O–H groups in total. The smallest absolute Gasteiger partial charge is 0.376 e. The molecule has 0 aromatic heterocycles. The molecule has 0 spiro atoms. The highest BCUT2D eigenvalue weighted by atomic mass is 19.4. The Morgan fingerprint density at radius 3 is 2.09 bits per heavy atom. The fourth-order valence-electron chi connectivity index (χ4n) is 2.65. The molecule has 1 fully saturated rings. The Bertz CT molecular complexity index is 563. The van der Waals surface area contributed by atoms with Crippen LogP contribution in [-0.4, -0.2) is 41.0 Å². The van der Waals surface area contributed by atoms with Gasteiger partial charge in [-0.2, -0.15) is 31.6 Å². The molecule has 1 heterocycles. The number of halogens is 6. The molecule has 0 amide bonds. The van der Waals surface area contributed by atoms with Crippen molar-refractivity contribution in [3.63, 3.8) is 0 Å². The monoisotopic (exact) mass is 326 g/mol. The number of hydrogen-bond acceptors (Lipinski definition) is 3. The summed E-state index contributed by atoms with van der Waals surface area (Å²) in [7, 11) is 0. The van der Waals surface area contributed by atoms with Crippen LogP contribution in [0, 0.1) is 11.3 Å². The molecular weight excluding hydrogens is 314 g/mol. The van der Waals surface area contributed by atoms with Gasteiger partial charge in [0.05, 0.1) is 11.1 Å². The molecule has 122 valence electrons. The van der Waals surface area contributed by atoms with E-state index in [0.717, 1.165) is 0 Å². The lowest BCUT2D eigenvalue weighted by molar-refractivity contribution is -0.241. The third-order valence-corrected chi connectivity index (χ3v) is 3.77. The highest BCUT2D eigenvalue weighted by Crippen LogP contribution is 2.47. The first-order chi connectivity index (χ1) is 9.99. The molecule has 3 nitrogen and oxygen atoms in total. The summed E-state index contributed by atoms with van der Waals surface area (Å²) in [6, 6.07) is 1.35. The summed E-state index contributed by atoms with van der Waals surface area (Å²) in [5.74, 6) is 0. The Labute approximate surface area is 122 Å². The lowest BCUT2D eigenvalue weighted by Gasteiger charge is -2.37. The number of alkyl halides is 6. The minimum Gasteiger partial charge on any atom is -0.376 e. The highest BCUT2D eigenvalue weighted by Gasteiger charge is 2.57. The van der Waals surface area contributed by atoms with Gasteiger partial charge in [-0.3, -0.25) is 0 Å². The maximum absolute atomic E-state index is 13.0. The Kier molecular flexibility index (Phi) is 3.94. The van der Waals surface area contributed by atoms with Gasteiger partial charge >= 0.3 is 12.4 Å². The van der Waals surface area contributed by atoms with Crippen LogP contribution in [0.15, 0.2) is 22.9 Å². The van der Waals surface area contributed by atoms with Gasteiger partial charge in [-0.15, -0.1) is 0 Å². The summed E-state index contributed by atoms with van der Waals surface area (Å²) in [6.07, 6.45) is -10.6. The third-order valence-electron chi connectivity index (χ3n) is 3.77. The largest absolute Gasteiger partial charge is 0.421 e. The lowest BCUT2D eigenvalue weighted by Crippen LogP contribution is -2.48. The molecule has 0 saturated carbocycles. The SMILES string of the molecule is N#CC1=C(N2CCCC2)CC(O)(C(F)(F)F)C=C1C(F)(F)F. The van der Waals surface area contributed by atoms with E-state index in [1.54, 1.807) is 0 Å². The molecule has 9 heteroatoms. The van der Waals surface area contributed by atoms with Crippen LogP contribution in [0.1, 0.15) is 19.3 Å². The zero-order valence-electron chi connectivity index (χ0n) is 11.2. The van der Waals surface area contributed by atoms with Gasteiger partial charge in [0.15, 0.2) is 5.60 Å². The van der Waals surface area contributed by atoms with Crippen molar-refractivity contribution in [3.05, 3.63) is 22.9 Å². The molecule has 1 atom stereocenters. The Morgan fingerprint density at radius 1 is 1.14 bits per heavy atom. The second-order valence-electron chi connectivity index (χ2n) is 5.28. The molecule has 0 radical (unpaired) electrons. The van der Waals surface area contributed by atoms with Gasteiger partial charge in [0.25, 0.3) is 0 Å². The van der Waals surface area contributed by atoms with Gasteiger partial charge in [0.1, 0.15) is 6.07 Å². The third kappa shape index (κ3) is 2.79. The normalized spacial score (nSPS) is 27.0. The second kappa shape index (κ2) is 5.19. The Balaban J connectivity index is 2.61. The van der Waals surface area contributed by atoms with Gasteiger partial charge in [-0.05, 0) is 18.9 Å². The first-order valence-electron chi connectivity index (χ1n) is 6.47. The van der Waals surface area contributed by atoms with Crippen LogP contribution < -0.4 is 0 Å². The fraction of sp³-hybridized carbons (Fsp3) is 0.615. The topological polar surface area (TPSA) is 47.3 Å². The van der Waals surface area contributed by atoms with Gasteiger partial charge in [-0.1, -0.05) is 0 Å². The lowest BCUT2D eigenvalue weighted by atomic mass is 9.83. The number of hydrogen-bond donors (Lipinski definition) is 1. The standard InChI is InChI=1S/C13H12F6N2O/c14-12(15,16)9-5-11(22,13(17,18)19)6-10(8(9)7-20)21-3-1-2-4-21/h5,22H,1-4,6H2. The van der Waals surface area contributed by atoms with Crippen molar-refractivity contribution in [3.8, 4) is 6.07 Å². The van der Waals surface area contributed by atoms with E-state index >= 15 is 0 Å². The Morgan fingerprint density at radius 2 is 1.68 bits per heavy atom. The summed E-state index contributed by atoms with van der Waals surface area (Å²) in [4.78, 5) is 1.31. The number of nitrogens with zero attached hydrogens (tertiary/aromatic N) is 2. The summed E-state index contributed by atoms with van der Waals surface area (Å²) >= 11 is 0. The van der Waals surface area contributed by atoms with Crippen molar-refractivity contribution in [2.75, 3.05) is 13.1 Å². The van der Waals surface area contributed by atoms with E-state index in [1.807, 2.05) is 0 Å². The minimum absolute atomic E-state index is 0.263. The van der Waals surface area contributed by atoms with Crippen molar-refractivity contribution < 1.29 is 31.4 Å². The van der Waals surface area contributed by atoms with E-state index < -0.39 is 41.2 Å². The van der Waals surface area contributed by atoms with Crippen LogP contribution in [0.25, 0.3) is 0 Å². The molecule has 1 aliphatic carbocycles. The number of rotatable bonds is 1. The molecule has 22 heavy (non-hydrogen) atoms. The van der Waals surface area contributed by atoms with Crippen molar-refractivity contribution in [2.24, 2.45) is 0 Å². The fourth-order valence-corrected chi connectivity index (χ4v) is 2.65. The van der Waals surface area contributed by atoms with E-state index in [9.17, 15) is 31.4 Å². The van der Waals surface area contributed by atoms with Gasteiger partial charge in [-0.25, -0.2) is 0 Å². The number of aliphatic hydroxyl groups is 1. The molecule has 0 aromatic rings. The van der Waals surface area contributed by atoms with Gasteiger partial charge in [0.2, 0.25) is 0 Å². The van der Waals surface area contributed by atoms with E-state index in [4.69, 9.17) is 5.26 Å². The zero-order chi connectivity index (χ0) is 16.8. The van der Waals surface area contributed by atoms with Crippen LogP contribution >= 0.6 is 0 Å². The highest BCUT2D eigenvalue weighted by molar-refractivity contribution is 5.52. The molecule has 0 bridgehead atoms. The first kappa shape index (κ1) is 16.7. The minimum atomic E-state index is -5.27. The van der Waals surface area contributed by atoms with Crippen LogP contribution in [0.2, 0.25) is 0 Å². The molecule has 0 aromatic carbocycles. The van der Waals surface area contributed by atoms with E-state index in [1.165, 1.54) is 11.0 Å². The van der Waals surface area contributed by atoms with E-state index in [2.05, 4.69) is 0 Å². The average molecular weight is 326 g/mol. The molecular formula is C13H12F6N2O. The van der Waals surface area contributed by atoms with Gasteiger partial charge in [0, 0.05) is 25.2 Å². The van der Waals surface area contributed by atoms with Crippen molar-refractivity contribution in [2.45, 2.75) is 37.2 Å². The molecule has 2 aliphatic rings. The maximum Gasteiger partial charge on any atom is 0.421 e. The quantitative estimate of drug-likeness (QED) is 0.754. The van der Waals surface area contributed by atoms with Crippen LogP contribution in [-0.2, 0) is 0 Å². The summed E-state index contributed by atoms with van der Waals surface area (Å²) in [5, 5.41) is 18.7. The van der Waals surface area contributed by atoms with Crippen molar-refractivity contribution in [1.82, 2.24) is 4.90 Å². The molecule has 2 rings (SSSR count). The number of nitriles is 1. The average Bonchev–Trinajstić information content (AvgIpc) is 2.89. The van der Waals surface area contributed by atoms with Crippen molar-refractivity contribution >= 4 is 0 Å². The van der Waals surface area contributed by atoms with Crippen molar-refractivity contribution in [1.29, 1.82) is 5.26 Å². The maximum atomic E-state index is 13.0. The molecule has 1 unspecified atom stereocenters. The van der Waals surface area contributed by atoms with Crippen LogP contribution in [0.3, 0.4) is 0 Å². The predicted molar refractivity (Wildman–Crippen MR) is 63.2 cm³/mol. The first-order valence-corrected chi connectivity index (χ1v) is 6.47. The number of allylic oxidation sites excluding steroid dienone is 2. The summed E-state index contributed by atoms with van der Waals surface area (Å²) in [5.41, 5.74) is -6.60.